The van der Waals surface area contributed by atoms with Gasteiger partial charge in [0.25, 0.3) is 0 Å². The first kappa shape index (κ1) is 25.1. The molecule has 0 radical (unpaired) electrons. The van der Waals surface area contributed by atoms with Crippen LogP contribution in [-0.4, -0.2) is 0 Å². The SMILES string of the molecule is [2H]C1(c2ccc(-c3c(C#N)ccc4c3oc3c(-c5cc(C(C)C)cc[n+]5C)c(C)ccc34)cc2)CCC(C)(C)CC1. The molecule has 0 saturated heterocycles. The summed E-state index contributed by atoms with van der Waals surface area (Å²) in [5.41, 5.74) is 9.94. The van der Waals surface area contributed by atoms with Crippen LogP contribution in [0.3, 0.4) is 0 Å². The minimum Gasteiger partial charge on any atom is -0.454 e. The number of fused-ring (bicyclic) bond motifs is 3. The van der Waals surface area contributed by atoms with Gasteiger partial charge in [-0.2, -0.15) is 5.26 Å². The summed E-state index contributed by atoms with van der Waals surface area (Å²) in [5.74, 6) is -0.134. The Bertz CT molecular complexity index is 1830. The van der Waals surface area contributed by atoms with Gasteiger partial charge in [-0.15, -0.1) is 0 Å². The Balaban J connectivity index is 1.52. The summed E-state index contributed by atoms with van der Waals surface area (Å²) in [6.45, 7) is 11.2. The average molecular weight is 529 g/mol. The molecule has 0 N–H and O–H groups in total. The van der Waals surface area contributed by atoms with Crippen LogP contribution in [-0.2, 0) is 7.05 Å². The van der Waals surface area contributed by atoms with Gasteiger partial charge in [0, 0.05) is 29.8 Å². The fourth-order valence-corrected chi connectivity index (χ4v) is 6.28. The largest absolute Gasteiger partial charge is 0.454 e. The molecule has 0 spiro atoms. The molecule has 202 valence electrons. The van der Waals surface area contributed by atoms with Crippen LogP contribution < -0.4 is 4.57 Å². The lowest BCUT2D eigenvalue weighted by Gasteiger charge is -2.34. The van der Waals surface area contributed by atoms with Gasteiger partial charge in [-0.05, 0) is 84.2 Å². The topological polar surface area (TPSA) is 40.8 Å². The highest BCUT2D eigenvalue weighted by Crippen LogP contribution is 2.44. The van der Waals surface area contributed by atoms with Crippen molar-refractivity contribution in [1.82, 2.24) is 0 Å². The van der Waals surface area contributed by atoms with Crippen molar-refractivity contribution in [3.63, 3.8) is 0 Å². The van der Waals surface area contributed by atoms with Crippen molar-refractivity contribution in [1.29, 1.82) is 5.26 Å². The van der Waals surface area contributed by atoms with Gasteiger partial charge < -0.3 is 4.42 Å². The molecule has 1 fully saturated rings. The van der Waals surface area contributed by atoms with Gasteiger partial charge in [0.15, 0.2) is 6.20 Å². The van der Waals surface area contributed by atoms with Crippen molar-refractivity contribution < 1.29 is 10.4 Å². The number of nitriles is 1. The molecular weight excluding hydrogens is 488 g/mol. The predicted molar refractivity (Wildman–Crippen MR) is 164 cm³/mol. The van der Waals surface area contributed by atoms with Crippen molar-refractivity contribution in [2.24, 2.45) is 12.5 Å². The molecular formula is C37H39N2O+. The van der Waals surface area contributed by atoms with E-state index in [2.05, 4.69) is 107 Å². The Morgan fingerprint density at radius 2 is 1.60 bits per heavy atom. The van der Waals surface area contributed by atoms with Gasteiger partial charge in [0.1, 0.15) is 18.2 Å². The van der Waals surface area contributed by atoms with Crippen molar-refractivity contribution in [2.45, 2.75) is 72.1 Å². The zero-order valence-electron chi connectivity index (χ0n) is 25.6. The summed E-state index contributed by atoms with van der Waals surface area (Å²) >= 11 is 0. The van der Waals surface area contributed by atoms with Crippen molar-refractivity contribution in [3.8, 4) is 28.5 Å². The summed E-state index contributed by atoms with van der Waals surface area (Å²) in [4.78, 5) is 0. The van der Waals surface area contributed by atoms with Crippen molar-refractivity contribution >= 4 is 21.9 Å². The zero-order chi connectivity index (χ0) is 29.1. The lowest BCUT2D eigenvalue weighted by atomic mass is 9.71. The molecule has 1 aliphatic carbocycles. The van der Waals surface area contributed by atoms with E-state index in [4.69, 9.17) is 4.42 Å². The Morgan fingerprint density at radius 3 is 2.25 bits per heavy atom. The molecule has 0 atom stereocenters. The van der Waals surface area contributed by atoms with E-state index in [1.807, 2.05) is 12.1 Å². The Labute approximate surface area is 239 Å². The van der Waals surface area contributed by atoms with Crippen LogP contribution in [0, 0.1) is 23.7 Å². The number of furan rings is 1. The molecule has 3 nitrogen and oxygen atoms in total. The van der Waals surface area contributed by atoms with Gasteiger partial charge in [-0.3, -0.25) is 0 Å². The molecule has 2 aromatic heterocycles. The second-order valence-corrected chi connectivity index (χ2v) is 12.7. The Morgan fingerprint density at radius 1 is 0.950 bits per heavy atom. The number of rotatable bonds is 4. The first-order valence-corrected chi connectivity index (χ1v) is 14.5. The van der Waals surface area contributed by atoms with E-state index in [0.29, 0.717) is 16.9 Å². The predicted octanol–water partition coefficient (Wildman–Crippen LogP) is 9.73. The number of benzene rings is 3. The quantitative estimate of drug-likeness (QED) is 0.218. The van der Waals surface area contributed by atoms with Crippen LogP contribution >= 0.6 is 0 Å². The van der Waals surface area contributed by atoms with Gasteiger partial charge >= 0.3 is 0 Å². The number of aryl methyl sites for hydroxylation is 2. The van der Waals surface area contributed by atoms with Crippen LogP contribution in [0.2, 0.25) is 0 Å². The maximum absolute atomic E-state index is 10.1. The second kappa shape index (κ2) is 9.93. The van der Waals surface area contributed by atoms with E-state index in [9.17, 15) is 6.63 Å². The Hall–Kier alpha value is -3.90. The van der Waals surface area contributed by atoms with E-state index in [1.54, 1.807) is 0 Å². The first-order valence-electron chi connectivity index (χ1n) is 15.0. The van der Waals surface area contributed by atoms with Crippen LogP contribution in [0.1, 0.15) is 88.8 Å². The van der Waals surface area contributed by atoms with Crippen LogP contribution in [0.4, 0.5) is 0 Å². The average Bonchev–Trinajstić information content (AvgIpc) is 3.33. The van der Waals surface area contributed by atoms with Crippen LogP contribution in [0.15, 0.2) is 71.3 Å². The van der Waals surface area contributed by atoms with E-state index in [-0.39, 0.29) is 0 Å². The minimum atomic E-state index is -0.552. The summed E-state index contributed by atoms with van der Waals surface area (Å²) in [5, 5.41) is 12.2. The Kier molecular flexibility index (Phi) is 6.23. The highest BCUT2D eigenvalue weighted by molar-refractivity contribution is 6.14. The molecule has 1 aliphatic rings. The monoisotopic (exact) mass is 528 g/mol. The molecule has 5 aromatic rings. The normalized spacial score (nSPS) is 16.8. The van der Waals surface area contributed by atoms with Crippen molar-refractivity contribution in [2.75, 3.05) is 0 Å². The third-order valence-electron chi connectivity index (χ3n) is 9.02. The van der Waals surface area contributed by atoms with E-state index < -0.39 is 5.89 Å². The van der Waals surface area contributed by atoms with E-state index in [1.165, 1.54) is 5.56 Å². The lowest BCUT2D eigenvalue weighted by Crippen LogP contribution is -2.31. The van der Waals surface area contributed by atoms with E-state index >= 15 is 0 Å². The van der Waals surface area contributed by atoms with Gasteiger partial charge in [-0.1, -0.05) is 64.1 Å². The summed E-state index contributed by atoms with van der Waals surface area (Å²) in [7, 11) is 2.08. The van der Waals surface area contributed by atoms with Crippen molar-refractivity contribution in [3.05, 3.63) is 89.1 Å². The van der Waals surface area contributed by atoms with Gasteiger partial charge in [0.05, 0.1) is 17.2 Å². The molecule has 2 heterocycles. The fourth-order valence-electron chi connectivity index (χ4n) is 6.28. The number of aromatic nitrogens is 1. The zero-order valence-corrected chi connectivity index (χ0v) is 24.6. The second-order valence-electron chi connectivity index (χ2n) is 12.7. The summed E-state index contributed by atoms with van der Waals surface area (Å²) < 4.78 is 18.2. The molecule has 3 aromatic carbocycles. The van der Waals surface area contributed by atoms with Crippen LogP contribution in [0.5, 0.6) is 0 Å². The number of hydrogen-bond donors (Lipinski definition) is 0. The standard InChI is InChI=1S/C37H39N2O/c1-23(2)28-17-20-39(6)32(21-28)33-24(3)7-13-30-31-14-12-29(22-38)34(36(31)40-35(30)33)27-10-8-25(9-11-27)26-15-18-37(4,5)19-16-26/h7-14,17,20-21,23,26H,15-16,18-19H2,1-6H3/q+1/i26D. The molecule has 0 amide bonds. The van der Waals surface area contributed by atoms with Gasteiger partial charge in [-0.25, -0.2) is 4.57 Å². The summed E-state index contributed by atoms with van der Waals surface area (Å²) in [6.07, 6.45) is 6.00. The first-order chi connectivity index (χ1) is 19.5. The minimum absolute atomic E-state index is 0.313. The number of pyridine rings is 1. The van der Waals surface area contributed by atoms with Crippen LogP contribution in [0.25, 0.3) is 44.3 Å². The molecule has 6 rings (SSSR count). The fraction of sp³-hybridized carbons (Fsp3) is 0.351. The highest BCUT2D eigenvalue weighted by atomic mass is 16.3. The molecule has 1 saturated carbocycles. The lowest BCUT2D eigenvalue weighted by molar-refractivity contribution is -0.660. The molecule has 0 unspecified atom stereocenters. The van der Waals surface area contributed by atoms with Gasteiger partial charge in [0.2, 0.25) is 5.69 Å². The van der Waals surface area contributed by atoms with E-state index in [0.717, 1.165) is 81.1 Å². The number of nitrogens with zero attached hydrogens (tertiary/aromatic N) is 2. The number of hydrogen-bond acceptors (Lipinski definition) is 2. The maximum atomic E-state index is 10.1. The summed E-state index contributed by atoms with van der Waals surface area (Å²) in [6, 6.07) is 23.4. The molecule has 40 heavy (non-hydrogen) atoms. The molecule has 3 heteroatoms. The smallest absolute Gasteiger partial charge is 0.216 e. The molecule has 0 bridgehead atoms. The highest BCUT2D eigenvalue weighted by Gasteiger charge is 2.28. The maximum Gasteiger partial charge on any atom is 0.216 e. The third-order valence-corrected chi connectivity index (χ3v) is 9.02. The third kappa shape index (κ3) is 4.50. The molecule has 0 aliphatic heterocycles.